The Morgan fingerprint density at radius 3 is 2.14 bits per heavy atom. The zero-order chi connectivity index (χ0) is 15.0. The Balaban J connectivity index is 1.96. The first kappa shape index (κ1) is 14.3. The van der Waals surface area contributed by atoms with Crippen molar-refractivity contribution in [3.05, 3.63) is 65.2 Å². The summed E-state index contributed by atoms with van der Waals surface area (Å²) in [6.07, 6.45) is 0.746. The Bertz CT molecular complexity index is 754. The topological polar surface area (TPSA) is 51.2 Å². The van der Waals surface area contributed by atoms with E-state index in [4.69, 9.17) is 11.6 Å². The van der Waals surface area contributed by atoms with Crippen LogP contribution in [0.5, 0.6) is 0 Å². The predicted molar refractivity (Wildman–Crippen MR) is 81.2 cm³/mol. The molecule has 3 rings (SSSR count). The van der Waals surface area contributed by atoms with E-state index < -0.39 is 21.0 Å². The van der Waals surface area contributed by atoms with Gasteiger partial charge in [0.15, 0.2) is 9.84 Å². The third-order valence-corrected chi connectivity index (χ3v) is 6.35. The molecule has 0 aromatic heterocycles. The zero-order valence-corrected chi connectivity index (χ0v) is 12.6. The summed E-state index contributed by atoms with van der Waals surface area (Å²) >= 11 is 5.79. The highest BCUT2D eigenvalue weighted by Crippen LogP contribution is 2.52. The van der Waals surface area contributed by atoms with E-state index >= 15 is 0 Å². The highest BCUT2D eigenvalue weighted by Gasteiger charge is 2.58. The molecule has 1 aliphatic carbocycles. The van der Waals surface area contributed by atoms with Gasteiger partial charge < -0.3 is 4.79 Å². The molecule has 0 bridgehead atoms. The van der Waals surface area contributed by atoms with Crippen LogP contribution in [0.25, 0.3) is 0 Å². The van der Waals surface area contributed by atoms with Crippen molar-refractivity contribution in [2.24, 2.45) is 5.92 Å². The fourth-order valence-electron chi connectivity index (χ4n) is 2.74. The minimum atomic E-state index is -3.53. The van der Waals surface area contributed by atoms with E-state index in [1.807, 2.05) is 30.3 Å². The molecule has 0 saturated heterocycles. The molecule has 1 fully saturated rings. The zero-order valence-electron chi connectivity index (χ0n) is 11.0. The lowest BCUT2D eigenvalue weighted by atomic mass is 10.1. The average molecular weight is 321 g/mol. The molecule has 108 valence electrons. The summed E-state index contributed by atoms with van der Waals surface area (Å²) in [6, 6.07) is 15.3. The minimum absolute atomic E-state index is 0.210. The van der Waals surface area contributed by atoms with Gasteiger partial charge in [0.1, 0.15) is 6.29 Å². The van der Waals surface area contributed by atoms with Gasteiger partial charge in [-0.25, -0.2) is 8.42 Å². The molecule has 3 atom stereocenters. The van der Waals surface area contributed by atoms with Crippen LogP contribution < -0.4 is 0 Å². The number of hydrogen-bond acceptors (Lipinski definition) is 3. The van der Waals surface area contributed by atoms with Gasteiger partial charge in [-0.2, -0.15) is 0 Å². The Morgan fingerprint density at radius 1 is 0.952 bits per heavy atom. The monoisotopic (exact) mass is 320 g/mol. The van der Waals surface area contributed by atoms with Crippen molar-refractivity contribution < 1.29 is 13.2 Å². The SMILES string of the molecule is O=C[C@H]1[C@@H](c2ccccc2)[C@@H]1S(=O)(=O)c1ccc(Cl)cc1. The first-order chi connectivity index (χ1) is 10.1. The normalized spacial score (nSPS) is 24.5. The molecule has 5 heteroatoms. The molecule has 1 aliphatic rings. The smallest absolute Gasteiger partial charge is 0.182 e. The van der Waals surface area contributed by atoms with Crippen molar-refractivity contribution in [3.63, 3.8) is 0 Å². The molecular formula is C16H13ClO3S. The largest absolute Gasteiger partial charge is 0.303 e. The molecule has 0 amide bonds. The first-order valence-electron chi connectivity index (χ1n) is 6.55. The summed E-state index contributed by atoms with van der Waals surface area (Å²) in [5.41, 5.74) is 0.886. The van der Waals surface area contributed by atoms with Gasteiger partial charge in [0.25, 0.3) is 0 Å². The fourth-order valence-corrected chi connectivity index (χ4v) is 4.97. The van der Waals surface area contributed by atoms with Gasteiger partial charge in [0.2, 0.25) is 0 Å². The van der Waals surface area contributed by atoms with E-state index in [0.29, 0.717) is 5.02 Å². The van der Waals surface area contributed by atoms with Crippen LogP contribution in [-0.2, 0) is 14.6 Å². The number of rotatable bonds is 4. The molecule has 0 N–H and O–H groups in total. The molecule has 0 heterocycles. The van der Waals surface area contributed by atoms with E-state index in [-0.39, 0.29) is 10.8 Å². The van der Waals surface area contributed by atoms with E-state index in [1.165, 1.54) is 12.1 Å². The third-order valence-electron chi connectivity index (χ3n) is 3.85. The Kier molecular flexibility index (Phi) is 3.59. The maximum atomic E-state index is 12.7. The van der Waals surface area contributed by atoms with Gasteiger partial charge in [0, 0.05) is 16.9 Å². The minimum Gasteiger partial charge on any atom is -0.303 e. The number of carbonyl (C=O) groups excluding carboxylic acids is 1. The van der Waals surface area contributed by atoms with Crippen LogP contribution in [0, 0.1) is 5.92 Å². The van der Waals surface area contributed by atoms with E-state index in [1.54, 1.807) is 12.1 Å². The second-order valence-electron chi connectivity index (χ2n) is 5.11. The van der Waals surface area contributed by atoms with Crippen LogP contribution in [-0.4, -0.2) is 20.0 Å². The van der Waals surface area contributed by atoms with E-state index in [0.717, 1.165) is 11.8 Å². The number of hydrogen-bond donors (Lipinski definition) is 0. The van der Waals surface area contributed by atoms with Crippen molar-refractivity contribution in [1.82, 2.24) is 0 Å². The van der Waals surface area contributed by atoms with Crippen LogP contribution in [0.4, 0.5) is 0 Å². The quantitative estimate of drug-likeness (QED) is 0.813. The Labute approximate surface area is 128 Å². The number of halogens is 1. The van der Waals surface area contributed by atoms with Gasteiger partial charge in [-0.1, -0.05) is 41.9 Å². The second kappa shape index (κ2) is 5.28. The Hall–Kier alpha value is -1.65. The standard InChI is InChI=1S/C16H13ClO3S/c17-12-6-8-13(9-7-12)21(19,20)16-14(10-18)15(16)11-4-2-1-3-5-11/h1-10,14-16H/t14-,15+,16+/m0/s1. The molecule has 1 saturated carbocycles. The maximum absolute atomic E-state index is 12.7. The molecule has 3 nitrogen and oxygen atoms in total. The maximum Gasteiger partial charge on any atom is 0.182 e. The van der Waals surface area contributed by atoms with Crippen LogP contribution >= 0.6 is 11.6 Å². The average Bonchev–Trinajstić information content (AvgIpc) is 3.24. The third kappa shape index (κ3) is 2.49. The highest BCUT2D eigenvalue weighted by molar-refractivity contribution is 7.92. The lowest BCUT2D eigenvalue weighted by molar-refractivity contribution is -0.108. The van der Waals surface area contributed by atoms with Crippen LogP contribution in [0.1, 0.15) is 11.5 Å². The lowest BCUT2D eigenvalue weighted by Crippen LogP contribution is -2.10. The summed E-state index contributed by atoms with van der Waals surface area (Å²) in [6.45, 7) is 0. The first-order valence-corrected chi connectivity index (χ1v) is 8.48. The van der Waals surface area contributed by atoms with Crippen molar-refractivity contribution in [1.29, 1.82) is 0 Å². The molecule has 0 unspecified atom stereocenters. The van der Waals surface area contributed by atoms with Gasteiger partial charge in [-0.3, -0.25) is 0 Å². The second-order valence-corrected chi connectivity index (χ2v) is 7.66. The summed E-state index contributed by atoms with van der Waals surface area (Å²) in [5.74, 6) is -0.738. The van der Waals surface area contributed by atoms with Crippen molar-refractivity contribution in [2.75, 3.05) is 0 Å². The number of benzene rings is 2. The number of aldehydes is 1. The van der Waals surface area contributed by atoms with E-state index in [2.05, 4.69) is 0 Å². The molecule has 0 radical (unpaired) electrons. The molecule has 0 aliphatic heterocycles. The van der Waals surface area contributed by atoms with Gasteiger partial charge >= 0.3 is 0 Å². The summed E-state index contributed by atoms with van der Waals surface area (Å²) in [5, 5.41) is -0.199. The fraction of sp³-hybridized carbons (Fsp3) is 0.188. The number of carbonyl (C=O) groups is 1. The number of sulfone groups is 1. The van der Waals surface area contributed by atoms with Crippen molar-refractivity contribution >= 4 is 27.7 Å². The van der Waals surface area contributed by atoms with E-state index in [9.17, 15) is 13.2 Å². The lowest BCUT2D eigenvalue weighted by Gasteiger charge is -2.04. The van der Waals surface area contributed by atoms with Gasteiger partial charge in [-0.15, -0.1) is 0 Å². The van der Waals surface area contributed by atoms with Crippen molar-refractivity contribution in [2.45, 2.75) is 16.1 Å². The summed E-state index contributed by atoms with van der Waals surface area (Å²) in [7, 11) is -3.53. The summed E-state index contributed by atoms with van der Waals surface area (Å²) in [4.78, 5) is 11.4. The van der Waals surface area contributed by atoms with Crippen LogP contribution in [0.3, 0.4) is 0 Å². The van der Waals surface area contributed by atoms with Crippen molar-refractivity contribution in [3.8, 4) is 0 Å². The van der Waals surface area contributed by atoms with Gasteiger partial charge in [0.05, 0.1) is 10.1 Å². The molecule has 21 heavy (non-hydrogen) atoms. The molecule has 0 spiro atoms. The molecular weight excluding hydrogens is 308 g/mol. The predicted octanol–water partition coefficient (Wildman–Crippen LogP) is 3.09. The highest BCUT2D eigenvalue weighted by atomic mass is 35.5. The van der Waals surface area contributed by atoms with Crippen LogP contribution in [0.2, 0.25) is 5.02 Å². The van der Waals surface area contributed by atoms with Crippen LogP contribution in [0.15, 0.2) is 59.5 Å². The molecule has 2 aromatic carbocycles. The molecule has 2 aromatic rings. The summed E-state index contributed by atoms with van der Waals surface area (Å²) < 4.78 is 25.3. The Morgan fingerprint density at radius 2 is 1.57 bits per heavy atom. The van der Waals surface area contributed by atoms with Gasteiger partial charge in [-0.05, 0) is 29.8 Å².